The average molecular weight is 447 g/mol. The maximum atomic E-state index is 14.0. The smallest absolute Gasteiger partial charge is 0.407 e. The number of benzene rings is 1. The van der Waals surface area contributed by atoms with Gasteiger partial charge in [-0.05, 0) is 51.7 Å². The molecule has 10 heteroatoms. The van der Waals surface area contributed by atoms with E-state index in [1.54, 1.807) is 20.8 Å². The van der Waals surface area contributed by atoms with Crippen LogP contribution < -0.4 is 15.8 Å². The van der Waals surface area contributed by atoms with Crippen LogP contribution in [0.3, 0.4) is 0 Å². The summed E-state index contributed by atoms with van der Waals surface area (Å²) < 4.78 is 24.8. The third-order valence-electron chi connectivity index (χ3n) is 3.82. The molecule has 168 valence electrons. The number of amides is 2. The number of ether oxygens (including phenoxy) is 2. The fraction of sp³-hybridized carbons (Fsp3) is 0.550. The van der Waals surface area contributed by atoms with Gasteiger partial charge in [0.05, 0.1) is 11.1 Å². The Kier molecular flexibility index (Phi) is 9.84. The molecule has 0 aromatic heterocycles. The minimum Gasteiger partial charge on any atom is -0.490 e. The summed E-state index contributed by atoms with van der Waals surface area (Å²) in [5, 5.41) is 11.5. The van der Waals surface area contributed by atoms with Gasteiger partial charge < -0.3 is 25.6 Å². The van der Waals surface area contributed by atoms with E-state index in [0.717, 1.165) is 6.07 Å². The third-order valence-corrected chi connectivity index (χ3v) is 4.25. The van der Waals surface area contributed by atoms with Crippen molar-refractivity contribution in [2.75, 3.05) is 6.61 Å². The van der Waals surface area contributed by atoms with Crippen LogP contribution in [0.4, 0.5) is 9.18 Å². The Balaban J connectivity index is 2.85. The monoisotopic (exact) mass is 446 g/mol. The Morgan fingerprint density at radius 1 is 1.27 bits per heavy atom. The van der Waals surface area contributed by atoms with Crippen molar-refractivity contribution in [3.05, 3.63) is 28.5 Å². The Bertz CT molecular complexity index is 766. The number of carboxylic acid groups (broad SMARTS) is 1. The molecule has 0 bridgehead atoms. The molecule has 0 aliphatic rings. The fourth-order valence-corrected chi connectivity index (χ4v) is 2.77. The van der Waals surface area contributed by atoms with Crippen molar-refractivity contribution in [3.8, 4) is 5.75 Å². The van der Waals surface area contributed by atoms with E-state index >= 15 is 0 Å². The number of aryl methyl sites for hydroxylation is 1. The van der Waals surface area contributed by atoms with Gasteiger partial charge in [-0.3, -0.25) is 9.59 Å². The SMILES string of the molecule is CC(C)(C)OC(=O)N[C@@H](CCC(N)=O)COc1cc(F)cc(CCCC(=O)O)c1Cl. The first-order valence-electron chi connectivity index (χ1n) is 9.47. The predicted octanol–water partition coefficient (Wildman–Crippen LogP) is 3.42. The zero-order valence-corrected chi connectivity index (χ0v) is 18.1. The number of hydrogen-bond acceptors (Lipinski definition) is 5. The molecule has 0 aliphatic heterocycles. The normalized spacial score (nSPS) is 12.2. The topological polar surface area (TPSA) is 128 Å². The van der Waals surface area contributed by atoms with Crippen LogP contribution in [0.25, 0.3) is 0 Å². The highest BCUT2D eigenvalue weighted by Crippen LogP contribution is 2.31. The highest BCUT2D eigenvalue weighted by atomic mass is 35.5. The lowest BCUT2D eigenvalue weighted by Crippen LogP contribution is -2.42. The molecule has 1 aromatic carbocycles. The van der Waals surface area contributed by atoms with Crippen LogP contribution in [0, 0.1) is 5.82 Å². The number of carboxylic acids is 1. The zero-order valence-electron chi connectivity index (χ0n) is 17.3. The second-order valence-electron chi connectivity index (χ2n) is 7.78. The van der Waals surface area contributed by atoms with Crippen LogP contribution in [0.5, 0.6) is 5.75 Å². The molecule has 0 unspecified atom stereocenters. The molecule has 1 atom stereocenters. The number of primary amides is 1. The molecule has 2 amide bonds. The van der Waals surface area contributed by atoms with E-state index in [-0.39, 0.29) is 43.1 Å². The van der Waals surface area contributed by atoms with Gasteiger partial charge in [0.15, 0.2) is 0 Å². The number of nitrogens with two attached hydrogens (primary N) is 1. The van der Waals surface area contributed by atoms with Gasteiger partial charge in [0.2, 0.25) is 5.91 Å². The maximum absolute atomic E-state index is 14.0. The number of nitrogens with one attached hydrogen (secondary N) is 1. The molecule has 0 aliphatic carbocycles. The Morgan fingerprint density at radius 2 is 1.93 bits per heavy atom. The lowest BCUT2D eigenvalue weighted by Gasteiger charge is -2.24. The van der Waals surface area contributed by atoms with E-state index in [9.17, 15) is 18.8 Å². The molecule has 8 nitrogen and oxygen atoms in total. The van der Waals surface area contributed by atoms with Crippen LogP contribution in [0.1, 0.15) is 52.0 Å². The lowest BCUT2D eigenvalue weighted by molar-refractivity contribution is -0.137. The minimum atomic E-state index is -0.954. The molecule has 0 heterocycles. The first kappa shape index (κ1) is 25.5. The summed E-state index contributed by atoms with van der Waals surface area (Å²) in [7, 11) is 0. The van der Waals surface area contributed by atoms with Crippen LogP contribution >= 0.6 is 11.6 Å². The highest BCUT2D eigenvalue weighted by molar-refractivity contribution is 6.32. The van der Waals surface area contributed by atoms with Crippen LogP contribution in [0.2, 0.25) is 5.02 Å². The fourth-order valence-electron chi connectivity index (χ4n) is 2.51. The van der Waals surface area contributed by atoms with Gasteiger partial charge in [0.1, 0.15) is 23.8 Å². The molecule has 0 fully saturated rings. The van der Waals surface area contributed by atoms with Gasteiger partial charge >= 0.3 is 12.1 Å². The first-order valence-corrected chi connectivity index (χ1v) is 9.85. The highest BCUT2D eigenvalue weighted by Gasteiger charge is 2.21. The van der Waals surface area contributed by atoms with Gasteiger partial charge in [0.25, 0.3) is 0 Å². The third kappa shape index (κ3) is 10.3. The number of rotatable bonds is 11. The van der Waals surface area contributed by atoms with Crippen molar-refractivity contribution in [1.29, 1.82) is 0 Å². The molecule has 1 aromatic rings. The van der Waals surface area contributed by atoms with E-state index in [1.807, 2.05) is 0 Å². The largest absolute Gasteiger partial charge is 0.490 e. The average Bonchev–Trinajstić information content (AvgIpc) is 2.58. The molecule has 0 radical (unpaired) electrons. The maximum Gasteiger partial charge on any atom is 0.407 e. The van der Waals surface area contributed by atoms with E-state index in [4.69, 9.17) is 31.9 Å². The standard InChI is InChI=1S/C20H28ClFN2O6/c1-20(2,3)30-19(28)24-14(7-8-16(23)25)11-29-15-10-13(22)9-12(18(15)21)5-4-6-17(26)27/h9-10,14H,4-8,11H2,1-3H3,(H2,23,25)(H,24,28)(H,26,27)/t14-/m0/s1. The number of alkyl carbamates (subject to hydrolysis) is 1. The summed E-state index contributed by atoms with van der Waals surface area (Å²) in [5.74, 6) is -2.04. The van der Waals surface area contributed by atoms with Crippen LogP contribution in [-0.4, -0.2) is 41.3 Å². The second kappa shape index (κ2) is 11.6. The van der Waals surface area contributed by atoms with Crippen molar-refractivity contribution in [2.24, 2.45) is 5.73 Å². The number of carbonyl (C=O) groups is 3. The van der Waals surface area contributed by atoms with Crippen molar-refractivity contribution < 1.29 is 33.4 Å². The molecule has 4 N–H and O–H groups in total. The van der Waals surface area contributed by atoms with Crippen LogP contribution in [-0.2, 0) is 20.7 Å². The van der Waals surface area contributed by atoms with Gasteiger partial charge in [-0.1, -0.05) is 11.6 Å². The zero-order chi connectivity index (χ0) is 22.9. The lowest BCUT2D eigenvalue weighted by atomic mass is 10.1. The number of hydrogen-bond donors (Lipinski definition) is 3. The van der Waals surface area contributed by atoms with E-state index in [2.05, 4.69) is 5.32 Å². The predicted molar refractivity (Wildman–Crippen MR) is 109 cm³/mol. The molecule has 0 saturated carbocycles. The van der Waals surface area contributed by atoms with Gasteiger partial charge in [0, 0.05) is 18.9 Å². The van der Waals surface area contributed by atoms with Crippen LogP contribution in [0.15, 0.2) is 12.1 Å². The molecular formula is C20H28ClFN2O6. The minimum absolute atomic E-state index is 0.00114. The summed E-state index contributed by atoms with van der Waals surface area (Å²) in [6.07, 6.45) is -0.0215. The second-order valence-corrected chi connectivity index (χ2v) is 8.16. The van der Waals surface area contributed by atoms with Crippen molar-refractivity contribution in [1.82, 2.24) is 5.32 Å². The molecule has 30 heavy (non-hydrogen) atoms. The Labute approximate surface area is 179 Å². The summed E-state index contributed by atoms with van der Waals surface area (Å²) in [6, 6.07) is 1.68. The number of halogens is 2. The van der Waals surface area contributed by atoms with E-state index in [1.165, 1.54) is 6.07 Å². The molecule has 0 spiro atoms. The first-order chi connectivity index (χ1) is 13.9. The van der Waals surface area contributed by atoms with E-state index in [0.29, 0.717) is 12.0 Å². The van der Waals surface area contributed by atoms with Gasteiger partial charge in [-0.2, -0.15) is 0 Å². The van der Waals surface area contributed by atoms with Gasteiger partial charge in [-0.25, -0.2) is 9.18 Å². The molecule has 1 rings (SSSR count). The Morgan fingerprint density at radius 3 is 2.50 bits per heavy atom. The molecular weight excluding hydrogens is 419 g/mol. The number of carbonyl (C=O) groups excluding carboxylic acids is 2. The summed E-state index contributed by atoms with van der Waals surface area (Å²) >= 11 is 6.27. The van der Waals surface area contributed by atoms with Gasteiger partial charge in [-0.15, -0.1) is 0 Å². The van der Waals surface area contributed by atoms with Crippen molar-refractivity contribution in [3.63, 3.8) is 0 Å². The van der Waals surface area contributed by atoms with Crippen molar-refractivity contribution in [2.45, 2.75) is 64.5 Å². The Hall–Kier alpha value is -2.55. The van der Waals surface area contributed by atoms with Crippen molar-refractivity contribution >= 4 is 29.6 Å². The summed E-state index contributed by atoms with van der Waals surface area (Å²) in [6.45, 7) is 5.02. The summed E-state index contributed by atoms with van der Waals surface area (Å²) in [5.41, 5.74) is 4.88. The number of aliphatic carboxylic acids is 1. The van der Waals surface area contributed by atoms with E-state index < -0.39 is 35.4 Å². The molecule has 0 saturated heterocycles. The quantitative estimate of drug-likeness (QED) is 0.477. The summed E-state index contributed by atoms with van der Waals surface area (Å²) in [4.78, 5) is 33.8.